The van der Waals surface area contributed by atoms with Gasteiger partial charge in [-0.05, 0) is 80.1 Å². The van der Waals surface area contributed by atoms with Crippen molar-refractivity contribution in [2.24, 2.45) is 0 Å². The third-order valence-corrected chi connectivity index (χ3v) is 4.81. The molecule has 0 atom stereocenters. The highest BCUT2D eigenvalue weighted by Gasteiger charge is 2.28. The van der Waals surface area contributed by atoms with Gasteiger partial charge in [0.2, 0.25) is 0 Å². The number of hydrogen-bond donors (Lipinski definition) is 1. The third-order valence-electron chi connectivity index (χ3n) is 4.15. The van der Waals surface area contributed by atoms with Gasteiger partial charge < -0.3 is 15.4 Å². The van der Waals surface area contributed by atoms with Crippen molar-refractivity contribution in [3.63, 3.8) is 0 Å². The number of nitrogens with zero attached hydrogens (tertiary/aromatic N) is 1. The number of ketones is 1. The molecule has 0 spiro atoms. The van der Waals surface area contributed by atoms with Gasteiger partial charge in [0.15, 0.2) is 5.78 Å². The van der Waals surface area contributed by atoms with Crippen LogP contribution in [0.15, 0.2) is 16.6 Å². The summed E-state index contributed by atoms with van der Waals surface area (Å²) in [5.74, 6) is 0.264. The lowest BCUT2D eigenvalue weighted by molar-refractivity contribution is 0.0205. The maximum Gasteiger partial charge on any atom is 0.410 e. The molecule has 1 fully saturated rings. The minimum Gasteiger partial charge on any atom is -0.444 e. The first-order valence-corrected chi connectivity index (χ1v) is 8.95. The van der Waals surface area contributed by atoms with Crippen molar-refractivity contribution in [3.8, 4) is 0 Å². The van der Waals surface area contributed by atoms with E-state index in [2.05, 4.69) is 15.9 Å². The number of piperidine rings is 1. The predicted octanol–water partition coefficient (Wildman–Crippen LogP) is 4.35. The average Bonchev–Trinajstić information content (AvgIpc) is 2.48. The van der Waals surface area contributed by atoms with Gasteiger partial charge in [-0.25, -0.2) is 4.79 Å². The van der Waals surface area contributed by atoms with Crippen molar-refractivity contribution in [2.45, 2.75) is 52.1 Å². The second kappa shape index (κ2) is 7.13. The van der Waals surface area contributed by atoms with Crippen LogP contribution in [-0.4, -0.2) is 35.5 Å². The number of likely N-dealkylation sites (tertiary alicyclic amines) is 1. The van der Waals surface area contributed by atoms with Crippen LogP contribution in [0.5, 0.6) is 0 Å². The Balaban J connectivity index is 2.07. The third kappa shape index (κ3) is 4.50. The van der Waals surface area contributed by atoms with Crippen LogP contribution >= 0.6 is 15.9 Å². The molecule has 2 N–H and O–H groups in total. The molecule has 0 aromatic heterocycles. The van der Waals surface area contributed by atoms with Crippen molar-refractivity contribution < 1.29 is 14.3 Å². The van der Waals surface area contributed by atoms with Crippen molar-refractivity contribution in [1.82, 2.24) is 4.90 Å². The Labute approximate surface area is 151 Å². The molecule has 1 heterocycles. The molecule has 1 aliphatic rings. The Kier molecular flexibility index (Phi) is 5.58. The molecule has 2 rings (SSSR count). The van der Waals surface area contributed by atoms with E-state index in [4.69, 9.17) is 10.5 Å². The van der Waals surface area contributed by atoms with E-state index in [1.54, 1.807) is 4.90 Å². The molecule has 1 amide bonds. The van der Waals surface area contributed by atoms with Gasteiger partial charge in [0.25, 0.3) is 0 Å². The minimum atomic E-state index is -0.480. The van der Waals surface area contributed by atoms with E-state index >= 15 is 0 Å². The molecule has 0 radical (unpaired) electrons. The van der Waals surface area contributed by atoms with Crippen molar-refractivity contribution in [2.75, 3.05) is 18.8 Å². The quantitative estimate of drug-likeness (QED) is 0.595. The number of rotatable bonds is 2. The van der Waals surface area contributed by atoms with Gasteiger partial charge in [0, 0.05) is 23.1 Å². The molecular weight excluding hydrogens is 372 g/mol. The van der Waals surface area contributed by atoms with Crippen LogP contribution in [0.4, 0.5) is 10.5 Å². The maximum absolute atomic E-state index is 12.1. The summed E-state index contributed by atoms with van der Waals surface area (Å²) in [4.78, 5) is 25.6. The monoisotopic (exact) mass is 396 g/mol. The van der Waals surface area contributed by atoms with Gasteiger partial charge in [-0.1, -0.05) is 0 Å². The zero-order chi connectivity index (χ0) is 18.1. The number of halogens is 1. The van der Waals surface area contributed by atoms with Crippen LogP contribution in [-0.2, 0) is 4.74 Å². The van der Waals surface area contributed by atoms with Gasteiger partial charge in [0.05, 0.1) is 5.69 Å². The summed E-state index contributed by atoms with van der Waals surface area (Å²) in [6.07, 6.45) is 1.42. The highest BCUT2D eigenvalue weighted by atomic mass is 79.9. The molecular formula is C18H25BrN2O3. The highest BCUT2D eigenvalue weighted by Crippen LogP contribution is 2.34. The van der Waals surface area contributed by atoms with Crippen molar-refractivity contribution in [1.29, 1.82) is 0 Å². The van der Waals surface area contributed by atoms with Crippen LogP contribution in [0.25, 0.3) is 0 Å². The molecule has 6 heteroatoms. The molecule has 1 aromatic rings. The van der Waals surface area contributed by atoms with Crippen LogP contribution in [0.3, 0.4) is 0 Å². The lowest BCUT2D eigenvalue weighted by atomic mass is 9.88. The Morgan fingerprint density at radius 3 is 2.33 bits per heavy atom. The van der Waals surface area contributed by atoms with Crippen LogP contribution in [0.2, 0.25) is 0 Å². The normalized spacial score (nSPS) is 16.1. The van der Waals surface area contributed by atoms with E-state index < -0.39 is 5.60 Å². The fourth-order valence-electron chi connectivity index (χ4n) is 2.89. The number of nitrogen functional groups attached to an aromatic ring is 1. The maximum atomic E-state index is 12.1. The number of hydrogen-bond acceptors (Lipinski definition) is 4. The lowest BCUT2D eigenvalue weighted by Gasteiger charge is -2.33. The standard InChI is InChI=1S/C18H25BrN2O3/c1-11(22)14-9-13(10-15(19)16(14)20)12-5-7-21(8-6-12)17(23)24-18(2,3)4/h9-10,12H,5-8,20H2,1-4H3. The molecule has 5 nitrogen and oxygen atoms in total. The van der Waals surface area contributed by atoms with E-state index in [9.17, 15) is 9.59 Å². The number of amides is 1. The molecule has 1 aromatic carbocycles. The second-order valence-corrected chi connectivity index (χ2v) is 8.12. The number of nitrogens with two attached hydrogens (primary N) is 1. The SMILES string of the molecule is CC(=O)c1cc(C2CCN(C(=O)OC(C)(C)C)CC2)cc(Br)c1N. The predicted molar refractivity (Wildman–Crippen MR) is 98.3 cm³/mol. The Morgan fingerprint density at radius 1 is 1.25 bits per heavy atom. The zero-order valence-electron chi connectivity index (χ0n) is 14.7. The number of ether oxygens (including phenoxy) is 1. The summed E-state index contributed by atoms with van der Waals surface area (Å²) in [6.45, 7) is 8.42. The van der Waals surface area contributed by atoms with Gasteiger partial charge in [-0.15, -0.1) is 0 Å². The Morgan fingerprint density at radius 2 is 1.83 bits per heavy atom. The van der Waals surface area contributed by atoms with Gasteiger partial charge in [-0.3, -0.25) is 4.79 Å². The van der Waals surface area contributed by atoms with Crippen LogP contribution in [0.1, 0.15) is 62.4 Å². The number of carbonyl (C=O) groups excluding carboxylic acids is 2. The van der Waals surface area contributed by atoms with E-state index in [1.807, 2.05) is 32.9 Å². The molecule has 1 saturated heterocycles. The number of Topliss-reactive ketones (excluding diaryl/α,β-unsaturated/α-hetero) is 1. The fraction of sp³-hybridized carbons (Fsp3) is 0.556. The number of anilines is 1. The molecule has 132 valence electrons. The summed E-state index contributed by atoms with van der Waals surface area (Å²) in [7, 11) is 0. The molecule has 0 unspecified atom stereocenters. The van der Waals surface area contributed by atoms with Gasteiger partial charge in [0.1, 0.15) is 5.60 Å². The molecule has 0 saturated carbocycles. The first-order chi connectivity index (χ1) is 11.1. The van der Waals surface area contributed by atoms with E-state index in [-0.39, 0.29) is 11.9 Å². The van der Waals surface area contributed by atoms with E-state index in [0.29, 0.717) is 30.3 Å². The summed E-state index contributed by atoms with van der Waals surface area (Å²) >= 11 is 3.44. The van der Waals surface area contributed by atoms with Crippen LogP contribution < -0.4 is 5.73 Å². The molecule has 24 heavy (non-hydrogen) atoms. The first kappa shape index (κ1) is 18.8. The first-order valence-electron chi connectivity index (χ1n) is 8.16. The second-order valence-electron chi connectivity index (χ2n) is 7.26. The zero-order valence-corrected chi connectivity index (χ0v) is 16.3. The lowest BCUT2D eigenvalue weighted by Crippen LogP contribution is -2.41. The van der Waals surface area contributed by atoms with Gasteiger partial charge >= 0.3 is 6.09 Å². The largest absolute Gasteiger partial charge is 0.444 e. The van der Waals surface area contributed by atoms with Crippen molar-refractivity contribution >= 4 is 33.5 Å². The molecule has 0 bridgehead atoms. The number of benzene rings is 1. The molecule has 0 aliphatic carbocycles. The topological polar surface area (TPSA) is 72.6 Å². The minimum absolute atomic E-state index is 0.0405. The summed E-state index contributed by atoms with van der Waals surface area (Å²) < 4.78 is 6.17. The van der Waals surface area contributed by atoms with Gasteiger partial charge in [-0.2, -0.15) is 0 Å². The molecule has 1 aliphatic heterocycles. The van der Waals surface area contributed by atoms with E-state index in [0.717, 1.165) is 22.9 Å². The Hall–Kier alpha value is -1.56. The number of carbonyl (C=O) groups is 2. The van der Waals surface area contributed by atoms with E-state index in [1.165, 1.54) is 6.92 Å². The summed E-state index contributed by atoms with van der Waals surface area (Å²) in [5, 5.41) is 0. The van der Waals surface area contributed by atoms with Crippen LogP contribution in [0, 0.1) is 0 Å². The highest BCUT2D eigenvalue weighted by molar-refractivity contribution is 9.10. The fourth-order valence-corrected chi connectivity index (χ4v) is 3.37. The average molecular weight is 397 g/mol. The van der Waals surface area contributed by atoms with Crippen molar-refractivity contribution in [3.05, 3.63) is 27.7 Å². The summed E-state index contributed by atoms with van der Waals surface area (Å²) in [6, 6.07) is 3.87. The Bertz CT molecular complexity index is 644. The summed E-state index contributed by atoms with van der Waals surface area (Å²) in [5.41, 5.74) is 7.61. The smallest absolute Gasteiger partial charge is 0.410 e.